The van der Waals surface area contributed by atoms with Gasteiger partial charge in [-0.2, -0.15) is 0 Å². The van der Waals surface area contributed by atoms with Crippen LogP contribution in [0.2, 0.25) is 0 Å². The number of imide groups is 1. The van der Waals surface area contributed by atoms with Crippen LogP contribution in [0.1, 0.15) is 53.4 Å². The minimum absolute atomic E-state index is 0.0161. The van der Waals surface area contributed by atoms with E-state index in [0.717, 1.165) is 19.6 Å². The molecule has 3 aliphatic heterocycles. The van der Waals surface area contributed by atoms with Crippen molar-refractivity contribution in [2.75, 3.05) is 32.7 Å². The summed E-state index contributed by atoms with van der Waals surface area (Å²) in [5, 5.41) is 3.02. The molecular formula is C20H34N4O3. The van der Waals surface area contributed by atoms with Gasteiger partial charge in [0.2, 0.25) is 5.91 Å². The Kier molecular flexibility index (Phi) is 5.79. The Bertz CT molecular complexity index is 588. The van der Waals surface area contributed by atoms with Crippen LogP contribution in [-0.2, 0) is 9.59 Å². The van der Waals surface area contributed by atoms with Crippen LogP contribution in [0.4, 0.5) is 4.79 Å². The van der Waals surface area contributed by atoms with Crippen molar-refractivity contribution in [3.05, 3.63) is 0 Å². The fourth-order valence-electron chi connectivity index (χ4n) is 4.66. The molecule has 3 fully saturated rings. The zero-order valence-electron chi connectivity index (χ0n) is 17.2. The fourth-order valence-corrected chi connectivity index (χ4v) is 4.66. The molecule has 0 aliphatic carbocycles. The molecule has 0 bridgehead atoms. The van der Waals surface area contributed by atoms with Gasteiger partial charge in [-0.1, -0.05) is 27.7 Å². The number of likely N-dealkylation sites (tertiary alicyclic amines) is 2. The van der Waals surface area contributed by atoms with Crippen molar-refractivity contribution < 1.29 is 14.4 Å². The molecule has 7 nitrogen and oxygen atoms in total. The Morgan fingerprint density at radius 2 is 1.67 bits per heavy atom. The Balaban J connectivity index is 1.60. The molecular weight excluding hydrogens is 344 g/mol. The van der Waals surface area contributed by atoms with Crippen molar-refractivity contribution in [3.8, 4) is 0 Å². The number of carbonyl (C=O) groups excluding carboxylic acids is 3. The van der Waals surface area contributed by atoms with E-state index < -0.39 is 5.54 Å². The van der Waals surface area contributed by atoms with Gasteiger partial charge >= 0.3 is 6.03 Å². The fraction of sp³-hybridized carbons (Fsp3) is 0.850. The molecule has 3 aliphatic rings. The van der Waals surface area contributed by atoms with Gasteiger partial charge in [0.15, 0.2) is 0 Å². The summed E-state index contributed by atoms with van der Waals surface area (Å²) in [5.41, 5.74) is -0.713. The summed E-state index contributed by atoms with van der Waals surface area (Å²) in [6.07, 6.45) is 2.72. The lowest BCUT2D eigenvalue weighted by molar-refractivity contribution is -0.138. The standard InChI is InChI=1S/C20H34N4O3/c1-14(2)13-22-11-7-20(8-12-22)18(26)24(19(27)21-20)16-5-9-23(10-6-16)17(25)15(3)4/h14-16H,5-13H2,1-4H3,(H,21,27). The van der Waals surface area contributed by atoms with E-state index in [4.69, 9.17) is 0 Å². The van der Waals surface area contributed by atoms with Crippen molar-refractivity contribution >= 4 is 17.8 Å². The highest BCUT2D eigenvalue weighted by Crippen LogP contribution is 2.33. The zero-order valence-corrected chi connectivity index (χ0v) is 17.2. The highest BCUT2D eigenvalue weighted by atomic mass is 16.2. The maximum atomic E-state index is 13.2. The van der Waals surface area contributed by atoms with Gasteiger partial charge in [-0.3, -0.25) is 14.5 Å². The number of carbonyl (C=O) groups is 3. The first-order chi connectivity index (χ1) is 12.7. The summed E-state index contributed by atoms with van der Waals surface area (Å²) < 4.78 is 0. The molecule has 0 radical (unpaired) electrons. The molecule has 152 valence electrons. The van der Waals surface area contributed by atoms with Gasteiger partial charge in [-0.05, 0) is 31.6 Å². The quantitative estimate of drug-likeness (QED) is 0.756. The van der Waals surface area contributed by atoms with E-state index in [9.17, 15) is 14.4 Å². The number of amides is 4. The number of piperidine rings is 2. The predicted octanol–water partition coefficient (Wildman–Crippen LogP) is 1.68. The second-order valence-electron chi connectivity index (χ2n) is 9.09. The summed E-state index contributed by atoms with van der Waals surface area (Å²) in [6.45, 7) is 12.2. The minimum Gasteiger partial charge on any atom is -0.342 e. The third kappa shape index (κ3) is 3.98. The minimum atomic E-state index is -0.713. The molecule has 0 aromatic heterocycles. The Morgan fingerprint density at radius 3 is 2.19 bits per heavy atom. The summed E-state index contributed by atoms with van der Waals surface area (Å²) in [4.78, 5) is 43.7. The number of nitrogens with zero attached hydrogens (tertiary/aromatic N) is 3. The van der Waals surface area contributed by atoms with Gasteiger partial charge in [0.25, 0.3) is 5.91 Å². The third-order valence-electron chi connectivity index (χ3n) is 6.16. The van der Waals surface area contributed by atoms with Crippen molar-refractivity contribution in [2.24, 2.45) is 11.8 Å². The average Bonchev–Trinajstić information content (AvgIpc) is 2.86. The van der Waals surface area contributed by atoms with Crippen LogP contribution in [0, 0.1) is 11.8 Å². The van der Waals surface area contributed by atoms with E-state index in [2.05, 4.69) is 24.1 Å². The lowest BCUT2D eigenvalue weighted by atomic mass is 9.86. The van der Waals surface area contributed by atoms with E-state index >= 15 is 0 Å². The van der Waals surface area contributed by atoms with Crippen LogP contribution in [0.5, 0.6) is 0 Å². The number of rotatable bonds is 4. The third-order valence-corrected chi connectivity index (χ3v) is 6.16. The molecule has 1 spiro atoms. The molecule has 3 heterocycles. The van der Waals surface area contributed by atoms with E-state index in [1.54, 1.807) is 0 Å². The van der Waals surface area contributed by atoms with Crippen molar-refractivity contribution in [1.29, 1.82) is 0 Å². The van der Waals surface area contributed by atoms with Crippen LogP contribution in [-0.4, -0.2) is 76.8 Å². The lowest BCUT2D eigenvalue weighted by Crippen LogP contribution is -2.56. The number of urea groups is 1. The normalized spacial score (nSPS) is 24.4. The Morgan fingerprint density at radius 1 is 1.07 bits per heavy atom. The highest BCUT2D eigenvalue weighted by molar-refractivity contribution is 6.07. The Labute approximate surface area is 162 Å². The van der Waals surface area contributed by atoms with Crippen molar-refractivity contribution in [2.45, 2.75) is 65.0 Å². The van der Waals surface area contributed by atoms with Crippen LogP contribution < -0.4 is 5.32 Å². The molecule has 0 aromatic carbocycles. The van der Waals surface area contributed by atoms with Crippen molar-refractivity contribution in [1.82, 2.24) is 20.0 Å². The van der Waals surface area contributed by atoms with Gasteiger partial charge in [-0.25, -0.2) is 4.79 Å². The van der Waals surface area contributed by atoms with Crippen LogP contribution in [0.25, 0.3) is 0 Å². The van der Waals surface area contributed by atoms with Crippen LogP contribution in [0.15, 0.2) is 0 Å². The summed E-state index contributed by atoms with van der Waals surface area (Å²) >= 11 is 0. The molecule has 0 saturated carbocycles. The predicted molar refractivity (Wildman–Crippen MR) is 103 cm³/mol. The van der Waals surface area contributed by atoms with Gasteiger partial charge in [0.05, 0.1) is 0 Å². The number of hydrogen-bond acceptors (Lipinski definition) is 4. The van der Waals surface area contributed by atoms with Crippen LogP contribution >= 0.6 is 0 Å². The van der Waals surface area contributed by atoms with Gasteiger partial charge < -0.3 is 15.1 Å². The smallest absolute Gasteiger partial charge is 0.325 e. The first-order valence-electron chi connectivity index (χ1n) is 10.4. The second kappa shape index (κ2) is 7.78. The van der Waals surface area contributed by atoms with Gasteiger partial charge in [0, 0.05) is 44.7 Å². The first kappa shape index (κ1) is 20.1. The van der Waals surface area contributed by atoms with E-state index in [1.807, 2.05) is 18.7 Å². The SMILES string of the molecule is CC(C)CN1CCC2(CC1)NC(=O)N(C1CCN(C(=O)C(C)C)CC1)C2=O. The summed E-state index contributed by atoms with van der Waals surface area (Å²) in [5.74, 6) is 0.686. The molecule has 3 saturated heterocycles. The van der Waals surface area contributed by atoms with E-state index in [1.165, 1.54) is 4.90 Å². The van der Waals surface area contributed by atoms with E-state index in [0.29, 0.717) is 44.7 Å². The average molecular weight is 379 g/mol. The highest BCUT2D eigenvalue weighted by Gasteiger charge is 2.54. The largest absolute Gasteiger partial charge is 0.342 e. The van der Waals surface area contributed by atoms with E-state index in [-0.39, 0.29) is 29.8 Å². The van der Waals surface area contributed by atoms with Crippen LogP contribution in [0.3, 0.4) is 0 Å². The summed E-state index contributed by atoms with van der Waals surface area (Å²) in [6, 6.07) is -0.340. The molecule has 0 atom stereocenters. The van der Waals surface area contributed by atoms with Gasteiger partial charge in [-0.15, -0.1) is 0 Å². The molecule has 1 N–H and O–H groups in total. The molecule has 0 aromatic rings. The molecule has 0 unspecified atom stereocenters. The zero-order chi connectivity index (χ0) is 19.8. The second-order valence-corrected chi connectivity index (χ2v) is 9.09. The van der Waals surface area contributed by atoms with Gasteiger partial charge in [0.1, 0.15) is 5.54 Å². The molecule has 27 heavy (non-hydrogen) atoms. The maximum Gasteiger partial charge on any atom is 0.325 e. The molecule has 7 heteroatoms. The van der Waals surface area contributed by atoms with Crippen molar-refractivity contribution in [3.63, 3.8) is 0 Å². The lowest BCUT2D eigenvalue weighted by Gasteiger charge is -2.39. The summed E-state index contributed by atoms with van der Waals surface area (Å²) in [7, 11) is 0. The first-order valence-corrected chi connectivity index (χ1v) is 10.4. The topological polar surface area (TPSA) is 73.0 Å². The molecule has 3 rings (SSSR count). The number of nitrogens with one attached hydrogen (secondary N) is 1. The number of hydrogen-bond donors (Lipinski definition) is 1. The maximum absolute atomic E-state index is 13.2. The monoisotopic (exact) mass is 378 g/mol. The Hall–Kier alpha value is -1.63. The molecule has 4 amide bonds.